The highest BCUT2D eigenvalue weighted by atomic mass is 16.5. The van der Waals surface area contributed by atoms with Gasteiger partial charge >= 0.3 is 6.03 Å². The number of rotatable bonds is 3. The Bertz CT molecular complexity index is 1070. The number of ether oxygens (including phenoxy) is 1. The summed E-state index contributed by atoms with van der Waals surface area (Å²) in [5.74, 6) is 1.57. The zero-order chi connectivity index (χ0) is 21.0. The molecule has 8 heteroatoms. The van der Waals surface area contributed by atoms with Gasteiger partial charge in [-0.25, -0.2) is 19.7 Å². The van der Waals surface area contributed by atoms with Gasteiger partial charge in [0.1, 0.15) is 12.1 Å². The zero-order valence-electron chi connectivity index (χ0n) is 17.2. The largest absolute Gasteiger partial charge is 0.490 e. The highest BCUT2D eigenvalue weighted by Crippen LogP contribution is 2.33. The van der Waals surface area contributed by atoms with E-state index in [2.05, 4.69) is 44.5 Å². The van der Waals surface area contributed by atoms with Gasteiger partial charge in [0.2, 0.25) is 0 Å². The predicted octanol–water partition coefficient (Wildman–Crippen LogP) is 3.96. The SMILES string of the molecule is O=C(Nc1ccncn1)N1CCCOc2ccc(-c3cccc(N4CCCC4)c3)nc21. The summed E-state index contributed by atoms with van der Waals surface area (Å²) < 4.78 is 5.86. The summed E-state index contributed by atoms with van der Waals surface area (Å²) in [5, 5.41) is 2.82. The van der Waals surface area contributed by atoms with E-state index >= 15 is 0 Å². The maximum atomic E-state index is 13.0. The van der Waals surface area contributed by atoms with Crippen molar-refractivity contribution in [3.05, 3.63) is 55.0 Å². The van der Waals surface area contributed by atoms with E-state index in [1.54, 1.807) is 17.2 Å². The van der Waals surface area contributed by atoms with E-state index in [-0.39, 0.29) is 6.03 Å². The van der Waals surface area contributed by atoms with Gasteiger partial charge in [0.05, 0.1) is 12.3 Å². The van der Waals surface area contributed by atoms with Crippen molar-refractivity contribution in [2.45, 2.75) is 19.3 Å². The summed E-state index contributed by atoms with van der Waals surface area (Å²) in [5.41, 5.74) is 3.04. The van der Waals surface area contributed by atoms with Gasteiger partial charge in [0.15, 0.2) is 11.6 Å². The molecule has 0 bridgehead atoms. The van der Waals surface area contributed by atoms with E-state index in [1.165, 1.54) is 24.9 Å². The molecule has 3 aromatic rings. The third-order valence-electron chi connectivity index (χ3n) is 5.55. The second kappa shape index (κ2) is 8.59. The van der Waals surface area contributed by atoms with Crippen molar-refractivity contribution >= 4 is 23.4 Å². The van der Waals surface area contributed by atoms with E-state index in [0.717, 1.165) is 24.3 Å². The van der Waals surface area contributed by atoms with Crippen molar-refractivity contribution in [3.8, 4) is 17.0 Å². The van der Waals surface area contributed by atoms with E-state index in [9.17, 15) is 4.79 Å². The van der Waals surface area contributed by atoms with Crippen molar-refractivity contribution < 1.29 is 9.53 Å². The number of nitrogens with zero attached hydrogens (tertiary/aromatic N) is 5. The fourth-order valence-corrected chi connectivity index (χ4v) is 3.99. The molecule has 2 aliphatic rings. The van der Waals surface area contributed by atoms with E-state index in [4.69, 9.17) is 9.72 Å². The third-order valence-corrected chi connectivity index (χ3v) is 5.55. The molecule has 0 aliphatic carbocycles. The number of hydrogen-bond donors (Lipinski definition) is 1. The molecule has 0 radical (unpaired) electrons. The fraction of sp³-hybridized carbons (Fsp3) is 0.304. The minimum Gasteiger partial charge on any atom is -0.490 e. The Morgan fingerprint density at radius 3 is 2.77 bits per heavy atom. The Balaban J connectivity index is 1.46. The number of aromatic nitrogens is 3. The average Bonchev–Trinajstić information content (AvgIpc) is 3.27. The van der Waals surface area contributed by atoms with Crippen LogP contribution in [-0.4, -0.2) is 47.2 Å². The van der Waals surface area contributed by atoms with Crippen LogP contribution in [0.5, 0.6) is 5.75 Å². The predicted molar refractivity (Wildman–Crippen MR) is 120 cm³/mol. The highest BCUT2D eigenvalue weighted by molar-refractivity contribution is 6.01. The van der Waals surface area contributed by atoms with Gasteiger partial charge in [-0.1, -0.05) is 12.1 Å². The minimum atomic E-state index is -0.291. The van der Waals surface area contributed by atoms with Crippen LogP contribution in [0.2, 0.25) is 0 Å². The van der Waals surface area contributed by atoms with Gasteiger partial charge in [0, 0.05) is 37.1 Å². The quantitative estimate of drug-likeness (QED) is 0.696. The molecule has 5 rings (SSSR count). The number of benzene rings is 1. The molecule has 1 fully saturated rings. The number of anilines is 3. The summed E-state index contributed by atoms with van der Waals surface area (Å²) in [7, 11) is 0. The molecule has 1 N–H and O–H groups in total. The number of pyridine rings is 1. The molecule has 0 unspecified atom stereocenters. The molecule has 4 heterocycles. The molecule has 2 amide bonds. The zero-order valence-corrected chi connectivity index (χ0v) is 17.2. The van der Waals surface area contributed by atoms with Crippen LogP contribution in [0.15, 0.2) is 55.0 Å². The monoisotopic (exact) mass is 416 g/mol. The van der Waals surface area contributed by atoms with Gasteiger partial charge in [-0.2, -0.15) is 0 Å². The normalized spacial score (nSPS) is 15.7. The summed E-state index contributed by atoms with van der Waals surface area (Å²) in [6, 6.07) is 13.6. The maximum Gasteiger partial charge on any atom is 0.328 e. The molecule has 0 atom stereocenters. The Kier molecular flexibility index (Phi) is 5.35. The van der Waals surface area contributed by atoms with Crippen molar-refractivity contribution in [2.24, 2.45) is 0 Å². The summed E-state index contributed by atoms with van der Waals surface area (Å²) >= 11 is 0. The van der Waals surface area contributed by atoms with Gasteiger partial charge in [-0.05, 0) is 49.6 Å². The van der Waals surface area contributed by atoms with E-state index < -0.39 is 0 Å². The Hall–Kier alpha value is -3.68. The molecular weight excluding hydrogens is 392 g/mol. The van der Waals surface area contributed by atoms with Gasteiger partial charge in [-0.3, -0.25) is 10.2 Å². The maximum absolute atomic E-state index is 13.0. The van der Waals surface area contributed by atoms with Crippen molar-refractivity contribution in [1.82, 2.24) is 15.0 Å². The topological polar surface area (TPSA) is 83.5 Å². The van der Waals surface area contributed by atoms with Crippen LogP contribution in [0.4, 0.5) is 22.1 Å². The Morgan fingerprint density at radius 2 is 1.94 bits per heavy atom. The lowest BCUT2D eigenvalue weighted by molar-refractivity contribution is 0.256. The van der Waals surface area contributed by atoms with Crippen LogP contribution in [-0.2, 0) is 0 Å². The fourth-order valence-electron chi connectivity index (χ4n) is 3.99. The number of nitrogens with one attached hydrogen (secondary N) is 1. The van der Waals surface area contributed by atoms with Crippen LogP contribution in [0.1, 0.15) is 19.3 Å². The van der Waals surface area contributed by atoms with E-state index in [1.807, 2.05) is 12.1 Å². The van der Waals surface area contributed by atoms with Crippen LogP contribution in [0, 0.1) is 0 Å². The van der Waals surface area contributed by atoms with Gasteiger partial charge < -0.3 is 9.64 Å². The molecule has 2 aromatic heterocycles. The number of hydrogen-bond acceptors (Lipinski definition) is 6. The molecule has 8 nitrogen and oxygen atoms in total. The van der Waals surface area contributed by atoms with Crippen molar-refractivity contribution in [3.63, 3.8) is 0 Å². The number of amides is 2. The molecule has 0 saturated carbocycles. The summed E-state index contributed by atoms with van der Waals surface area (Å²) in [6.45, 7) is 3.22. The molecule has 2 aliphatic heterocycles. The second-order valence-electron chi connectivity index (χ2n) is 7.64. The molecule has 1 saturated heterocycles. The first-order chi connectivity index (χ1) is 15.3. The summed E-state index contributed by atoms with van der Waals surface area (Å²) in [6.07, 6.45) is 6.17. The first-order valence-electron chi connectivity index (χ1n) is 10.6. The standard InChI is InChI=1S/C23H24N6O2/c30-23(27-21-9-10-24-16-25-21)29-13-4-14-31-20-8-7-19(26-22(20)29)17-5-3-6-18(15-17)28-11-1-2-12-28/h3,5-10,15-16H,1-2,4,11-14H2,(H,24,25,27,30). The van der Waals surface area contributed by atoms with Crippen LogP contribution >= 0.6 is 0 Å². The molecule has 31 heavy (non-hydrogen) atoms. The van der Waals surface area contributed by atoms with E-state index in [0.29, 0.717) is 37.0 Å². The highest BCUT2D eigenvalue weighted by Gasteiger charge is 2.25. The van der Waals surface area contributed by atoms with Gasteiger partial charge in [0.25, 0.3) is 0 Å². The Labute approximate surface area is 180 Å². The van der Waals surface area contributed by atoms with Crippen LogP contribution in [0.25, 0.3) is 11.3 Å². The number of carbonyl (C=O) groups excluding carboxylic acids is 1. The lowest BCUT2D eigenvalue weighted by atomic mass is 10.1. The number of carbonyl (C=O) groups is 1. The average molecular weight is 416 g/mol. The third kappa shape index (κ3) is 4.14. The lowest BCUT2D eigenvalue weighted by Gasteiger charge is -2.22. The van der Waals surface area contributed by atoms with Crippen molar-refractivity contribution in [2.75, 3.05) is 41.4 Å². The van der Waals surface area contributed by atoms with Crippen molar-refractivity contribution in [1.29, 1.82) is 0 Å². The molecule has 0 spiro atoms. The first kappa shape index (κ1) is 19.3. The molecule has 1 aromatic carbocycles. The van der Waals surface area contributed by atoms with Crippen LogP contribution < -0.4 is 19.9 Å². The molecular formula is C23H24N6O2. The number of urea groups is 1. The minimum absolute atomic E-state index is 0.291. The second-order valence-corrected chi connectivity index (χ2v) is 7.64. The Morgan fingerprint density at radius 1 is 1.03 bits per heavy atom. The molecule has 158 valence electrons. The van der Waals surface area contributed by atoms with Gasteiger partial charge in [-0.15, -0.1) is 0 Å². The first-order valence-corrected chi connectivity index (χ1v) is 10.6. The number of fused-ring (bicyclic) bond motifs is 1. The lowest BCUT2D eigenvalue weighted by Crippen LogP contribution is -2.36. The smallest absolute Gasteiger partial charge is 0.328 e. The van der Waals surface area contributed by atoms with Crippen LogP contribution in [0.3, 0.4) is 0 Å². The summed E-state index contributed by atoms with van der Waals surface area (Å²) in [4.78, 5) is 29.8.